The molecule has 0 saturated heterocycles. The number of benzene rings is 1. The van der Waals surface area contributed by atoms with Crippen LogP contribution in [-0.4, -0.2) is 25.1 Å². The van der Waals surface area contributed by atoms with Gasteiger partial charge in [0.25, 0.3) is 0 Å². The first-order valence-electron chi connectivity index (χ1n) is 10.1. The number of aryl methyl sites for hydroxylation is 1. The summed E-state index contributed by atoms with van der Waals surface area (Å²) in [6.45, 7) is 5.11. The molecule has 27 heavy (non-hydrogen) atoms. The van der Waals surface area contributed by atoms with Crippen molar-refractivity contribution in [1.29, 1.82) is 0 Å². The van der Waals surface area contributed by atoms with Gasteiger partial charge in [0.1, 0.15) is 0 Å². The van der Waals surface area contributed by atoms with Crippen LogP contribution in [0.3, 0.4) is 0 Å². The molecule has 0 spiro atoms. The fraction of sp³-hybridized carbons (Fsp3) is 0.667. The zero-order valence-corrected chi connectivity index (χ0v) is 17.5. The summed E-state index contributed by atoms with van der Waals surface area (Å²) in [6, 6.07) is 6.13. The minimum absolute atomic E-state index is 0.0418. The molecule has 0 heterocycles. The Morgan fingerprint density at radius 2 is 1.70 bits per heavy atom. The van der Waals surface area contributed by atoms with Crippen molar-refractivity contribution in [3.8, 4) is 0 Å². The summed E-state index contributed by atoms with van der Waals surface area (Å²) in [5.74, 6) is 0.0333. The fourth-order valence-electron chi connectivity index (χ4n) is 4.00. The van der Waals surface area contributed by atoms with Crippen LogP contribution in [0.4, 0.5) is 5.69 Å². The first-order chi connectivity index (χ1) is 12.7. The van der Waals surface area contributed by atoms with E-state index < -0.39 is 14.8 Å². The number of carbonyl (C=O) groups is 1. The first-order valence-corrected chi connectivity index (χ1v) is 11.6. The molecule has 1 fully saturated rings. The van der Waals surface area contributed by atoms with Gasteiger partial charge in [-0.2, -0.15) is 0 Å². The standard InChI is InChI=1S/C21H32N2O3S/c1-21(2,3)27(25,26)23-17-13-11-16(12-14-17)20(24)22-19-10-6-8-15-7-4-5-9-18(15)19/h6,8,10,16-17,23H,4-5,7,9,11-14H2,1-3H3,(H,22,24)/t16-,17-. The molecule has 2 aliphatic rings. The Bertz CT molecular complexity index is 788. The van der Waals surface area contributed by atoms with Crippen LogP contribution in [0.5, 0.6) is 0 Å². The number of anilines is 1. The maximum atomic E-state index is 12.8. The van der Waals surface area contributed by atoms with Gasteiger partial charge < -0.3 is 5.32 Å². The Balaban J connectivity index is 1.57. The first kappa shape index (κ1) is 20.3. The third-order valence-electron chi connectivity index (χ3n) is 5.88. The number of sulfonamides is 1. The number of hydrogen-bond donors (Lipinski definition) is 2. The second-order valence-electron chi connectivity index (χ2n) is 8.92. The number of hydrogen-bond acceptors (Lipinski definition) is 3. The molecule has 0 atom stereocenters. The quantitative estimate of drug-likeness (QED) is 0.819. The Morgan fingerprint density at radius 1 is 1.04 bits per heavy atom. The molecule has 2 aliphatic carbocycles. The highest BCUT2D eigenvalue weighted by Crippen LogP contribution is 2.31. The molecule has 1 aromatic rings. The monoisotopic (exact) mass is 392 g/mol. The van der Waals surface area contributed by atoms with Gasteiger partial charge in [0.05, 0.1) is 4.75 Å². The van der Waals surface area contributed by atoms with E-state index in [1.165, 1.54) is 24.0 Å². The van der Waals surface area contributed by atoms with Crippen molar-refractivity contribution < 1.29 is 13.2 Å². The SMILES string of the molecule is CC(C)(C)S(=O)(=O)N[C@H]1CC[C@H](C(=O)Nc2cccc3c2CCCC3)CC1. The highest BCUT2D eigenvalue weighted by atomic mass is 32.2. The normalized spacial score (nSPS) is 23.5. The molecule has 1 amide bonds. The van der Waals surface area contributed by atoms with Gasteiger partial charge >= 0.3 is 0 Å². The van der Waals surface area contributed by atoms with Crippen LogP contribution in [0.2, 0.25) is 0 Å². The van der Waals surface area contributed by atoms with Crippen molar-refractivity contribution in [3.05, 3.63) is 29.3 Å². The summed E-state index contributed by atoms with van der Waals surface area (Å²) < 4.78 is 26.7. The highest BCUT2D eigenvalue weighted by Gasteiger charge is 2.34. The van der Waals surface area contributed by atoms with E-state index in [0.717, 1.165) is 31.4 Å². The number of nitrogens with one attached hydrogen (secondary N) is 2. The highest BCUT2D eigenvalue weighted by molar-refractivity contribution is 7.90. The maximum absolute atomic E-state index is 12.8. The van der Waals surface area contributed by atoms with Crippen molar-refractivity contribution in [2.45, 2.75) is 82.9 Å². The summed E-state index contributed by atoms with van der Waals surface area (Å²) in [4.78, 5) is 12.8. The van der Waals surface area contributed by atoms with E-state index in [0.29, 0.717) is 12.8 Å². The van der Waals surface area contributed by atoms with E-state index in [1.54, 1.807) is 20.8 Å². The molecule has 2 N–H and O–H groups in total. The minimum atomic E-state index is -3.34. The topological polar surface area (TPSA) is 75.3 Å². The molecule has 0 bridgehead atoms. The number of carbonyl (C=O) groups excluding carboxylic acids is 1. The average molecular weight is 393 g/mol. The third kappa shape index (κ3) is 4.72. The third-order valence-corrected chi connectivity index (χ3v) is 8.14. The van der Waals surface area contributed by atoms with Crippen LogP contribution in [0.1, 0.15) is 70.4 Å². The molecule has 3 rings (SSSR count). The number of rotatable bonds is 4. The predicted molar refractivity (Wildman–Crippen MR) is 109 cm³/mol. The summed E-state index contributed by atoms with van der Waals surface area (Å²) >= 11 is 0. The van der Waals surface area contributed by atoms with Crippen LogP contribution < -0.4 is 10.0 Å². The largest absolute Gasteiger partial charge is 0.326 e. The lowest BCUT2D eigenvalue weighted by Crippen LogP contribution is -2.46. The number of fused-ring (bicyclic) bond motifs is 1. The van der Waals surface area contributed by atoms with Crippen molar-refractivity contribution in [3.63, 3.8) is 0 Å². The lowest BCUT2D eigenvalue weighted by Gasteiger charge is -2.31. The van der Waals surface area contributed by atoms with Crippen molar-refractivity contribution in [2.75, 3.05) is 5.32 Å². The minimum Gasteiger partial charge on any atom is -0.326 e. The van der Waals surface area contributed by atoms with Crippen LogP contribution in [0, 0.1) is 5.92 Å². The molecule has 0 radical (unpaired) electrons. The van der Waals surface area contributed by atoms with Gasteiger partial charge in [-0.05, 0) is 89.3 Å². The molecule has 150 valence electrons. The van der Waals surface area contributed by atoms with Crippen LogP contribution in [0.15, 0.2) is 18.2 Å². The molecule has 5 nitrogen and oxygen atoms in total. The molecule has 0 aromatic heterocycles. The Kier molecular flexibility index (Phi) is 5.96. The van der Waals surface area contributed by atoms with Crippen molar-refractivity contribution in [2.24, 2.45) is 5.92 Å². The van der Waals surface area contributed by atoms with Crippen LogP contribution in [0.25, 0.3) is 0 Å². The second kappa shape index (κ2) is 7.92. The van der Waals surface area contributed by atoms with E-state index in [1.807, 2.05) is 12.1 Å². The van der Waals surface area contributed by atoms with Crippen LogP contribution >= 0.6 is 0 Å². The van der Waals surface area contributed by atoms with Gasteiger partial charge in [-0.25, -0.2) is 13.1 Å². The van der Waals surface area contributed by atoms with Crippen molar-refractivity contribution in [1.82, 2.24) is 4.72 Å². The summed E-state index contributed by atoms with van der Waals surface area (Å²) in [6.07, 6.45) is 7.39. The molecule has 1 saturated carbocycles. The van der Waals surface area contributed by atoms with Crippen LogP contribution in [-0.2, 0) is 27.7 Å². The van der Waals surface area contributed by atoms with Gasteiger partial charge in [-0.15, -0.1) is 0 Å². The molecule has 0 aliphatic heterocycles. The second-order valence-corrected chi connectivity index (χ2v) is 11.4. The van der Waals surface area contributed by atoms with Crippen molar-refractivity contribution >= 4 is 21.6 Å². The van der Waals surface area contributed by atoms with Gasteiger partial charge in [0.2, 0.25) is 15.9 Å². The lowest BCUT2D eigenvalue weighted by molar-refractivity contribution is -0.120. The molecule has 0 unspecified atom stereocenters. The fourth-order valence-corrected chi connectivity index (χ4v) is 5.03. The molecule has 6 heteroatoms. The molecule has 1 aromatic carbocycles. The Hall–Kier alpha value is -1.40. The van der Waals surface area contributed by atoms with Gasteiger partial charge in [-0.1, -0.05) is 12.1 Å². The summed E-state index contributed by atoms with van der Waals surface area (Å²) in [7, 11) is -3.34. The zero-order chi connectivity index (χ0) is 19.7. The summed E-state index contributed by atoms with van der Waals surface area (Å²) in [5.41, 5.74) is 3.62. The smallest absolute Gasteiger partial charge is 0.227 e. The Labute approximate surface area is 163 Å². The number of amides is 1. The van der Waals surface area contributed by atoms with Gasteiger partial charge in [0.15, 0.2) is 0 Å². The van der Waals surface area contributed by atoms with E-state index >= 15 is 0 Å². The molecular weight excluding hydrogens is 360 g/mol. The predicted octanol–water partition coefficient (Wildman–Crippen LogP) is 3.78. The summed E-state index contributed by atoms with van der Waals surface area (Å²) in [5, 5.41) is 3.15. The average Bonchev–Trinajstić information content (AvgIpc) is 2.61. The zero-order valence-electron chi connectivity index (χ0n) is 16.7. The molecular formula is C21H32N2O3S. The van der Waals surface area contributed by atoms with E-state index in [9.17, 15) is 13.2 Å². The van der Waals surface area contributed by atoms with E-state index in [4.69, 9.17) is 0 Å². The van der Waals surface area contributed by atoms with Gasteiger partial charge in [0, 0.05) is 17.6 Å². The lowest BCUT2D eigenvalue weighted by atomic mass is 9.85. The van der Waals surface area contributed by atoms with E-state index in [2.05, 4.69) is 16.1 Å². The maximum Gasteiger partial charge on any atom is 0.227 e. The van der Waals surface area contributed by atoms with Gasteiger partial charge in [-0.3, -0.25) is 4.79 Å². The van der Waals surface area contributed by atoms with E-state index in [-0.39, 0.29) is 17.9 Å². The Morgan fingerprint density at radius 3 is 2.37 bits per heavy atom.